The first-order chi connectivity index (χ1) is 9.12. The highest BCUT2D eigenvalue weighted by Crippen LogP contribution is 2.27. The zero-order valence-electron chi connectivity index (χ0n) is 10.3. The molecule has 0 aliphatic carbocycles. The normalized spacial score (nSPS) is 9.74. The summed E-state index contributed by atoms with van der Waals surface area (Å²) in [6.07, 6.45) is 0. The number of nitrogens with two attached hydrogens (primary N) is 1. The van der Waals surface area contributed by atoms with Crippen molar-refractivity contribution in [1.82, 2.24) is 0 Å². The zero-order chi connectivity index (χ0) is 13.8. The van der Waals surface area contributed by atoms with Crippen molar-refractivity contribution in [3.05, 3.63) is 46.4 Å². The lowest BCUT2D eigenvalue weighted by Gasteiger charge is -2.10. The molecule has 3 N–H and O–H groups in total. The fraction of sp³-hybridized carbons (Fsp3) is 0.0714. The molecule has 4 nitrogen and oxygen atoms in total. The van der Waals surface area contributed by atoms with E-state index in [1.807, 2.05) is 24.3 Å². The van der Waals surface area contributed by atoms with Gasteiger partial charge in [-0.15, -0.1) is 0 Å². The summed E-state index contributed by atoms with van der Waals surface area (Å²) in [6, 6.07) is 13.0. The summed E-state index contributed by atoms with van der Waals surface area (Å²) in [5.41, 5.74) is 8.27. The molecule has 0 aliphatic heterocycles. The van der Waals surface area contributed by atoms with Gasteiger partial charge in [0.1, 0.15) is 11.8 Å². The molecule has 2 aromatic carbocycles. The zero-order valence-corrected chi connectivity index (χ0v) is 11.9. The van der Waals surface area contributed by atoms with E-state index in [0.717, 1.165) is 21.6 Å². The molecular formula is C14H12BrN3O. The molecule has 0 spiro atoms. The number of halogens is 1. The maximum atomic E-state index is 8.95. The molecule has 0 amide bonds. The standard InChI is InChI=1S/C14H12BrN3O/c1-19-13-6-10(15)5-12(7-13)18-11-2-3-14(17)9(4-11)8-16/h2-7,18H,17H2,1H3. The molecule has 2 rings (SSSR count). The van der Waals surface area contributed by atoms with Crippen molar-refractivity contribution < 1.29 is 4.74 Å². The SMILES string of the molecule is COc1cc(Br)cc(Nc2ccc(N)c(C#N)c2)c1. The van der Waals surface area contributed by atoms with Crippen LogP contribution < -0.4 is 15.8 Å². The minimum absolute atomic E-state index is 0.451. The number of rotatable bonds is 3. The summed E-state index contributed by atoms with van der Waals surface area (Å²) in [4.78, 5) is 0. The predicted octanol–water partition coefficient (Wildman–Crippen LogP) is 3.66. The van der Waals surface area contributed by atoms with Gasteiger partial charge in [-0.25, -0.2) is 0 Å². The van der Waals surface area contributed by atoms with Gasteiger partial charge in [0.2, 0.25) is 0 Å². The van der Waals surface area contributed by atoms with E-state index in [9.17, 15) is 0 Å². The second-order valence-electron chi connectivity index (χ2n) is 3.92. The van der Waals surface area contributed by atoms with Crippen LogP contribution >= 0.6 is 15.9 Å². The average Bonchev–Trinajstić information content (AvgIpc) is 2.40. The molecule has 5 heteroatoms. The Balaban J connectivity index is 2.31. The number of methoxy groups -OCH3 is 1. The third-order valence-corrected chi connectivity index (χ3v) is 3.03. The van der Waals surface area contributed by atoms with Crippen molar-refractivity contribution in [2.75, 3.05) is 18.2 Å². The Morgan fingerprint density at radius 2 is 2.00 bits per heavy atom. The number of benzene rings is 2. The Morgan fingerprint density at radius 3 is 2.68 bits per heavy atom. The smallest absolute Gasteiger partial charge is 0.122 e. The predicted molar refractivity (Wildman–Crippen MR) is 79.5 cm³/mol. The van der Waals surface area contributed by atoms with E-state index in [1.165, 1.54) is 0 Å². The van der Waals surface area contributed by atoms with Crippen LogP contribution in [0.2, 0.25) is 0 Å². The number of hydrogen-bond acceptors (Lipinski definition) is 4. The molecule has 0 saturated heterocycles. The molecule has 19 heavy (non-hydrogen) atoms. The minimum atomic E-state index is 0.451. The molecular weight excluding hydrogens is 306 g/mol. The van der Waals surface area contributed by atoms with E-state index in [1.54, 1.807) is 19.2 Å². The number of hydrogen-bond donors (Lipinski definition) is 2. The summed E-state index contributed by atoms with van der Waals surface area (Å²) >= 11 is 3.41. The van der Waals surface area contributed by atoms with Gasteiger partial charge in [0.25, 0.3) is 0 Å². The molecule has 0 unspecified atom stereocenters. The van der Waals surface area contributed by atoms with Crippen molar-refractivity contribution in [2.45, 2.75) is 0 Å². The third-order valence-electron chi connectivity index (χ3n) is 2.57. The topological polar surface area (TPSA) is 71.1 Å². The summed E-state index contributed by atoms with van der Waals surface area (Å²) in [6.45, 7) is 0. The van der Waals surface area contributed by atoms with E-state index in [0.29, 0.717) is 11.3 Å². The Bertz CT molecular complexity index is 650. The Kier molecular flexibility index (Phi) is 3.93. The molecule has 0 aromatic heterocycles. The first-order valence-electron chi connectivity index (χ1n) is 5.53. The monoisotopic (exact) mass is 317 g/mol. The number of anilines is 3. The first kappa shape index (κ1) is 13.2. The van der Waals surface area contributed by atoms with Crippen molar-refractivity contribution in [3.8, 4) is 11.8 Å². The molecule has 96 valence electrons. The lowest BCUT2D eigenvalue weighted by molar-refractivity contribution is 0.415. The molecule has 0 atom stereocenters. The van der Waals surface area contributed by atoms with Crippen LogP contribution in [-0.4, -0.2) is 7.11 Å². The van der Waals surface area contributed by atoms with Crippen LogP contribution in [-0.2, 0) is 0 Å². The van der Waals surface area contributed by atoms with Crippen LogP contribution in [0.4, 0.5) is 17.1 Å². The fourth-order valence-corrected chi connectivity index (χ4v) is 2.12. The van der Waals surface area contributed by atoms with Gasteiger partial charge in [0, 0.05) is 27.6 Å². The lowest BCUT2D eigenvalue weighted by atomic mass is 10.1. The Hall–Kier alpha value is -2.19. The fourth-order valence-electron chi connectivity index (χ4n) is 1.65. The number of nitriles is 1. The highest BCUT2D eigenvalue weighted by Gasteiger charge is 2.03. The van der Waals surface area contributed by atoms with Gasteiger partial charge >= 0.3 is 0 Å². The average molecular weight is 318 g/mol. The molecule has 0 bridgehead atoms. The van der Waals surface area contributed by atoms with Crippen LogP contribution in [0.1, 0.15) is 5.56 Å². The van der Waals surface area contributed by atoms with Crippen LogP contribution in [0.25, 0.3) is 0 Å². The van der Waals surface area contributed by atoms with Crippen LogP contribution in [0.3, 0.4) is 0 Å². The van der Waals surface area contributed by atoms with Gasteiger partial charge in [-0.2, -0.15) is 5.26 Å². The second kappa shape index (κ2) is 5.63. The minimum Gasteiger partial charge on any atom is -0.497 e. The van der Waals surface area contributed by atoms with E-state index in [4.69, 9.17) is 15.7 Å². The van der Waals surface area contributed by atoms with Gasteiger partial charge in [0.15, 0.2) is 0 Å². The van der Waals surface area contributed by atoms with E-state index >= 15 is 0 Å². The molecule has 0 radical (unpaired) electrons. The summed E-state index contributed by atoms with van der Waals surface area (Å²) in [5, 5.41) is 12.2. The van der Waals surface area contributed by atoms with Crippen molar-refractivity contribution in [1.29, 1.82) is 5.26 Å². The lowest BCUT2D eigenvalue weighted by Crippen LogP contribution is -1.95. The highest BCUT2D eigenvalue weighted by molar-refractivity contribution is 9.10. The number of nitrogens with one attached hydrogen (secondary N) is 1. The summed E-state index contributed by atoms with van der Waals surface area (Å²) < 4.78 is 6.10. The highest BCUT2D eigenvalue weighted by atomic mass is 79.9. The third kappa shape index (κ3) is 3.18. The number of nitrogen functional groups attached to an aromatic ring is 1. The van der Waals surface area contributed by atoms with Crippen LogP contribution in [0, 0.1) is 11.3 Å². The van der Waals surface area contributed by atoms with Crippen molar-refractivity contribution in [2.24, 2.45) is 0 Å². The first-order valence-corrected chi connectivity index (χ1v) is 6.33. The maximum Gasteiger partial charge on any atom is 0.122 e. The van der Waals surface area contributed by atoms with Gasteiger partial charge in [-0.3, -0.25) is 0 Å². The molecule has 0 saturated carbocycles. The quantitative estimate of drug-likeness (QED) is 0.847. The van der Waals surface area contributed by atoms with Crippen LogP contribution in [0.15, 0.2) is 40.9 Å². The van der Waals surface area contributed by atoms with Gasteiger partial charge in [0.05, 0.1) is 12.7 Å². The van der Waals surface area contributed by atoms with E-state index < -0.39 is 0 Å². The second-order valence-corrected chi connectivity index (χ2v) is 4.83. The Morgan fingerprint density at radius 1 is 1.21 bits per heavy atom. The maximum absolute atomic E-state index is 8.95. The molecule has 0 fully saturated rings. The van der Waals surface area contributed by atoms with Gasteiger partial charge < -0.3 is 15.8 Å². The summed E-state index contributed by atoms with van der Waals surface area (Å²) in [7, 11) is 1.61. The Labute approximate surface area is 119 Å². The van der Waals surface area contributed by atoms with Crippen LogP contribution in [0.5, 0.6) is 5.75 Å². The molecule has 2 aromatic rings. The van der Waals surface area contributed by atoms with Crippen molar-refractivity contribution >= 4 is 33.0 Å². The van der Waals surface area contributed by atoms with Gasteiger partial charge in [-0.05, 0) is 30.3 Å². The largest absolute Gasteiger partial charge is 0.497 e. The van der Waals surface area contributed by atoms with Crippen molar-refractivity contribution in [3.63, 3.8) is 0 Å². The summed E-state index contributed by atoms with van der Waals surface area (Å²) in [5.74, 6) is 0.743. The molecule has 0 aliphatic rings. The van der Waals surface area contributed by atoms with E-state index in [2.05, 4.69) is 27.3 Å². The molecule has 0 heterocycles. The van der Waals surface area contributed by atoms with E-state index in [-0.39, 0.29) is 0 Å². The van der Waals surface area contributed by atoms with Gasteiger partial charge in [-0.1, -0.05) is 15.9 Å². The number of nitrogens with zero attached hydrogens (tertiary/aromatic N) is 1. The number of ether oxygens (including phenoxy) is 1.